The highest BCUT2D eigenvalue weighted by molar-refractivity contribution is 5.76. The molecular formula is C11H19N3O5. The Hall–Kier alpha value is -1.18. The van der Waals surface area contributed by atoms with E-state index in [2.05, 4.69) is 10.0 Å². The van der Waals surface area contributed by atoms with Crippen LogP contribution in [-0.2, 0) is 14.3 Å². The van der Waals surface area contributed by atoms with Crippen molar-refractivity contribution in [2.24, 2.45) is 5.11 Å². The van der Waals surface area contributed by atoms with Crippen molar-refractivity contribution in [1.82, 2.24) is 0 Å². The number of rotatable bonds is 6. The van der Waals surface area contributed by atoms with E-state index in [1.165, 1.54) is 6.92 Å². The van der Waals surface area contributed by atoms with Crippen molar-refractivity contribution in [2.75, 3.05) is 6.54 Å². The van der Waals surface area contributed by atoms with Crippen molar-refractivity contribution < 1.29 is 24.5 Å². The molecule has 0 aromatic carbocycles. The zero-order valence-corrected chi connectivity index (χ0v) is 11.2. The van der Waals surface area contributed by atoms with Crippen molar-refractivity contribution in [2.45, 2.75) is 57.4 Å². The van der Waals surface area contributed by atoms with Crippen LogP contribution in [0.15, 0.2) is 5.11 Å². The van der Waals surface area contributed by atoms with Crippen LogP contribution in [0.1, 0.15) is 27.2 Å². The number of hydrogen-bond acceptors (Lipinski definition) is 6. The third kappa shape index (κ3) is 4.45. The molecule has 0 spiro atoms. The van der Waals surface area contributed by atoms with Crippen LogP contribution in [0.25, 0.3) is 10.4 Å². The Morgan fingerprint density at radius 3 is 2.37 bits per heavy atom. The van der Waals surface area contributed by atoms with E-state index in [1.807, 2.05) is 0 Å². The predicted octanol–water partition coefficient (Wildman–Crippen LogP) is 0.518. The standard InChI is InChI=1S/C11H19N3O5/c1-6(15)4-7(16)9-10(8(17)5-13-14-12)19-11(2,3)18-9/h7-10,16-17H,4-5H2,1-3H3/t7-,8+,9+,10+/m0/s1. The van der Waals surface area contributed by atoms with E-state index < -0.39 is 30.2 Å². The van der Waals surface area contributed by atoms with E-state index >= 15 is 0 Å². The van der Waals surface area contributed by atoms with Gasteiger partial charge in [0.25, 0.3) is 0 Å². The largest absolute Gasteiger partial charge is 0.390 e. The SMILES string of the molecule is CC(=O)C[C@H](O)[C@H]1OC(C)(C)O[C@@H]1[C@H](O)CN=[N+]=[N-]. The number of carbonyl (C=O) groups excluding carboxylic acids is 1. The number of ether oxygens (including phenoxy) is 2. The molecule has 0 aliphatic carbocycles. The second-order valence-corrected chi connectivity index (χ2v) is 5.02. The Bertz CT molecular complexity index is 361. The first kappa shape index (κ1) is 15.9. The maximum atomic E-state index is 11.0. The molecule has 1 aliphatic heterocycles. The Morgan fingerprint density at radius 1 is 1.37 bits per heavy atom. The van der Waals surface area contributed by atoms with E-state index in [1.54, 1.807) is 13.8 Å². The second kappa shape index (κ2) is 6.31. The van der Waals surface area contributed by atoms with Crippen LogP contribution < -0.4 is 0 Å². The lowest BCUT2D eigenvalue weighted by Gasteiger charge is -2.24. The lowest BCUT2D eigenvalue weighted by atomic mass is 10.00. The highest BCUT2D eigenvalue weighted by atomic mass is 16.8. The number of carbonyl (C=O) groups is 1. The Labute approximate surface area is 110 Å². The average molecular weight is 273 g/mol. The van der Waals surface area contributed by atoms with Gasteiger partial charge in [0.05, 0.1) is 18.8 Å². The molecule has 4 atom stereocenters. The Morgan fingerprint density at radius 2 is 1.89 bits per heavy atom. The average Bonchev–Trinajstić information content (AvgIpc) is 2.61. The molecule has 19 heavy (non-hydrogen) atoms. The van der Waals surface area contributed by atoms with Gasteiger partial charge in [0.2, 0.25) is 0 Å². The fraction of sp³-hybridized carbons (Fsp3) is 0.909. The zero-order chi connectivity index (χ0) is 14.6. The van der Waals surface area contributed by atoms with Gasteiger partial charge in [0.1, 0.15) is 18.0 Å². The number of aliphatic hydroxyl groups excluding tert-OH is 2. The molecule has 1 aliphatic rings. The first-order valence-corrected chi connectivity index (χ1v) is 5.99. The van der Waals surface area contributed by atoms with Gasteiger partial charge in [-0.1, -0.05) is 5.11 Å². The van der Waals surface area contributed by atoms with E-state index in [9.17, 15) is 15.0 Å². The van der Waals surface area contributed by atoms with Gasteiger partial charge in [-0.15, -0.1) is 0 Å². The highest BCUT2D eigenvalue weighted by Crippen LogP contribution is 2.32. The van der Waals surface area contributed by atoms with E-state index in [-0.39, 0.29) is 18.7 Å². The normalized spacial score (nSPS) is 28.5. The minimum Gasteiger partial charge on any atom is -0.390 e. The summed E-state index contributed by atoms with van der Waals surface area (Å²) in [5.74, 6) is -1.17. The van der Waals surface area contributed by atoms with Crippen molar-refractivity contribution in [3.63, 3.8) is 0 Å². The summed E-state index contributed by atoms with van der Waals surface area (Å²) in [6.45, 7) is 4.45. The number of ketones is 1. The summed E-state index contributed by atoms with van der Waals surface area (Å²) in [4.78, 5) is 13.6. The van der Waals surface area contributed by atoms with Gasteiger partial charge in [-0.25, -0.2) is 0 Å². The number of hydrogen-bond donors (Lipinski definition) is 2. The molecule has 0 saturated carbocycles. The molecule has 8 nitrogen and oxygen atoms in total. The quantitative estimate of drug-likeness (QED) is 0.414. The van der Waals surface area contributed by atoms with Crippen LogP contribution in [0.2, 0.25) is 0 Å². The zero-order valence-electron chi connectivity index (χ0n) is 11.2. The van der Waals surface area contributed by atoms with Crippen LogP contribution in [-0.4, -0.2) is 52.7 Å². The molecule has 8 heteroatoms. The Kier molecular flexibility index (Phi) is 5.28. The molecule has 0 bridgehead atoms. The summed E-state index contributed by atoms with van der Waals surface area (Å²) in [5.41, 5.74) is 8.24. The number of azide groups is 1. The minimum atomic E-state index is -1.11. The van der Waals surface area contributed by atoms with E-state index in [0.29, 0.717) is 0 Å². The van der Waals surface area contributed by atoms with Crippen molar-refractivity contribution >= 4 is 5.78 Å². The molecule has 0 aromatic rings. The number of aliphatic hydroxyl groups is 2. The summed E-state index contributed by atoms with van der Waals surface area (Å²) in [6, 6.07) is 0. The highest BCUT2D eigenvalue weighted by Gasteiger charge is 2.47. The van der Waals surface area contributed by atoms with Gasteiger partial charge < -0.3 is 19.7 Å². The summed E-state index contributed by atoms with van der Waals surface area (Å²) in [6.07, 6.45) is -3.97. The summed E-state index contributed by atoms with van der Waals surface area (Å²) < 4.78 is 11.0. The topological polar surface area (TPSA) is 125 Å². The van der Waals surface area contributed by atoms with Crippen molar-refractivity contribution in [1.29, 1.82) is 0 Å². The van der Waals surface area contributed by atoms with E-state index in [0.717, 1.165) is 0 Å². The molecule has 1 rings (SSSR count). The lowest BCUT2D eigenvalue weighted by Crippen LogP contribution is -2.44. The summed E-state index contributed by atoms with van der Waals surface area (Å²) in [7, 11) is 0. The maximum Gasteiger partial charge on any atom is 0.164 e. The number of nitrogens with zero attached hydrogens (tertiary/aromatic N) is 3. The summed E-state index contributed by atoms with van der Waals surface area (Å²) >= 11 is 0. The predicted molar refractivity (Wildman–Crippen MR) is 65.1 cm³/mol. The fourth-order valence-corrected chi connectivity index (χ4v) is 2.05. The smallest absolute Gasteiger partial charge is 0.164 e. The van der Waals surface area contributed by atoms with Crippen LogP contribution >= 0.6 is 0 Å². The van der Waals surface area contributed by atoms with Gasteiger partial charge >= 0.3 is 0 Å². The number of Topliss-reactive ketones (excluding diaryl/α,β-unsaturated/α-hetero) is 1. The van der Waals surface area contributed by atoms with Crippen molar-refractivity contribution in [3.8, 4) is 0 Å². The van der Waals surface area contributed by atoms with Gasteiger partial charge in [0, 0.05) is 11.3 Å². The molecule has 0 aromatic heterocycles. The lowest BCUT2D eigenvalue weighted by molar-refractivity contribution is -0.161. The summed E-state index contributed by atoms with van der Waals surface area (Å²) in [5, 5.41) is 23.1. The molecule has 0 radical (unpaired) electrons. The van der Waals surface area contributed by atoms with Gasteiger partial charge in [-0.3, -0.25) is 4.79 Å². The minimum absolute atomic E-state index is 0.0884. The molecule has 1 saturated heterocycles. The van der Waals surface area contributed by atoms with Crippen LogP contribution in [0.5, 0.6) is 0 Å². The fourth-order valence-electron chi connectivity index (χ4n) is 2.05. The molecule has 1 heterocycles. The third-order valence-corrected chi connectivity index (χ3v) is 2.75. The monoisotopic (exact) mass is 273 g/mol. The van der Waals surface area contributed by atoms with Crippen LogP contribution in [0, 0.1) is 0 Å². The molecular weight excluding hydrogens is 254 g/mol. The molecule has 2 N–H and O–H groups in total. The Balaban J connectivity index is 2.79. The van der Waals surface area contributed by atoms with Crippen molar-refractivity contribution in [3.05, 3.63) is 10.4 Å². The van der Waals surface area contributed by atoms with E-state index in [4.69, 9.17) is 15.0 Å². The van der Waals surface area contributed by atoms with Crippen LogP contribution in [0.3, 0.4) is 0 Å². The van der Waals surface area contributed by atoms with Crippen LogP contribution in [0.4, 0.5) is 0 Å². The van der Waals surface area contributed by atoms with Gasteiger partial charge in [-0.2, -0.15) is 0 Å². The molecule has 108 valence electrons. The first-order valence-electron chi connectivity index (χ1n) is 5.99. The second-order valence-electron chi connectivity index (χ2n) is 5.02. The molecule has 1 fully saturated rings. The molecule has 0 amide bonds. The first-order chi connectivity index (χ1) is 8.76. The maximum absolute atomic E-state index is 11.0. The molecule has 0 unspecified atom stereocenters. The van der Waals surface area contributed by atoms with Gasteiger partial charge in [0.15, 0.2) is 5.79 Å². The third-order valence-electron chi connectivity index (χ3n) is 2.75. The van der Waals surface area contributed by atoms with Gasteiger partial charge in [-0.05, 0) is 26.3 Å².